The molecule has 0 aromatic carbocycles. The van der Waals surface area contributed by atoms with Crippen LogP contribution in [0.1, 0.15) is 41.0 Å². The van der Waals surface area contributed by atoms with Crippen LogP contribution in [0, 0.1) is 5.92 Å². The molecule has 0 saturated carbocycles. The van der Waals surface area contributed by atoms with Gasteiger partial charge in [0.05, 0.1) is 6.04 Å². The molecule has 1 saturated heterocycles. The minimum absolute atomic E-state index is 0.0574. The maximum atomic E-state index is 12.0. The lowest BCUT2D eigenvalue weighted by Crippen LogP contribution is -2.50. The molecule has 3 N–H and O–H groups in total. The van der Waals surface area contributed by atoms with E-state index < -0.39 is 0 Å². The second-order valence-electron chi connectivity index (χ2n) is 6.32. The second-order valence-corrected chi connectivity index (χ2v) is 6.32. The Balaban J connectivity index is 2.49. The van der Waals surface area contributed by atoms with Gasteiger partial charge in [-0.05, 0) is 53.5 Å². The molecule has 4 heteroatoms. The van der Waals surface area contributed by atoms with Crippen LogP contribution >= 0.6 is 0 Å². The molecule has 1 heterocycles. The average molecular weight is 241 g/mol. The zero-order valence-corrected chi connectivity index (χ0v) is 11.8. The summed E-state index contributed by atoms with van der Waals surface area (Å²) in [6.07, 6.45) is 1.10. The van der Waals surface area contributed by atoms with E-state index in [1.165, 1.54) is 0 Å². The van der Waals surface area contributed by atoms with E-state index in [9.17, 15) is 4.79 Å². The van der Waals surface area contributed by atoms with E-state index in [0.29, 0.717) is 5.92 Å². The zero-order chi connectivity index (χ0) is 13.2. The van der Waals surface area contributed by atoms with Crippen LogP contribution in [0.4, 0.5) is 0 Å². The van der Waals surface area contributed by atoms with E-state index in [-0.39, 0.29) is 23.5 Å². The van der Waals surface area contributed by atoms with Gasteiger partial charge in [-0.1, -0.05) is 0 Å². The molecule has 0 bridgehead atoms. The molecule has 3 unspecified atom stereocenters. The molecule has 1 aliphatic rings. The number of carbonyl (C=O) groups is 1. The molecule has 0 aliphatic carbocycles. The Morgan fingerprint density at radius 3 is 2.41 bits per heavy atom. The summed E-state index contributed by atoms with van der Waals surface area (Å²) < 4.78 is 0. The molecule has 0 spiro atoms. The summed E-state index contributed by atoms with van der Waals surface area (Å²) in [5.74, 6) is 0.641. The highest BCUT2D eigenvalue weighted by Gasteiger charge is 2.32. The molecular formula is C13H27N3O. The fourth-order valence-corrected chi connectivity index (χ4v) is 2.24. The maximum Gasteiger partial charge on any atom is 0.237 e. The molecule has 4 nitrogen and oxygen atoms in total. The minimum atomic E-state index is -0.161. The summed E-state index contributed by atoms with van der Waals surface area (Å²) >= 11 is 0. The minimum Gasteiger partial charge on any atom is -0.350 e. The molecule has 1 fully saturated rings. The van der Waals surface area contributed by atoms with Crippen molar-refractivity contribution in [2.24, 2.45) is 11.7 Å². The Morgan fingerprint density at radius 1 is 1.41 bits per heavy atom. The van der Waals surface area contributed by atoms with Gasteiger partial charge >= 0.3 is 0 Å². The Kier molecular flexibility index (Phi) is 4.55. The van der Waals surface area contributed by atoms with Gasteiger partial charge in [-0.25, -0.2) is 0 Å². The van der Waals surface area contributed by atoms with E-state index in [1.807, 2.05) is 34.6 Å². The van der Waals surface area contributed by atoms with Gasteiger partial charge in [-0.3, -0.25) is 9.69 Å². The van der Waals surface area contributed by atoms with Crippen molar-refractivity contribution in [3.05, 3.63) is 0 Å². The first-order valence-corrected chi connectivity index (χ1v) is 6.52. The lowest BCUT2D eigenvalue weighted by Gasteiger charge is -2.28. The standard InChI is InChI=1S/C13H27N3O/c1-9(14)11-6-7-16(8-11)10(2)12(17)15-13(3,4)5/h9-11H,6-8,14H2,1-5H3,(H,15,17). The van der Waals surface area contributed by atoms with Crippen molar-refractivity contribution in [2.45, 2.75) is 58.7 Å². The highest BCUT2D eigenvalue weighted by atomic mass is 16.2. The molecule has 100 valence electrons. The number of hydrogen-bond acceptors (Lipinski definition) is 3. The van der Waals surface area contributed by atoms with Crippen LogP contribution in [0.25, 0.3) is 0 Å². The lowest BCUT2D eigenvalue weighted by molar-refractivity contribution is -0.127. The first kappa shape index (κ1) is 14.5. The SMILES string of the molecule is CC(N)C1CCN(C(C)C(=O)NC(C)(C)C)C1. The Morgan fingerprint density at radius 2 is 2.00 bits per heavy atom. The van der Waals surface area contributed by atoms with Crippen molar-refractivity contribution in [2.75, 3.05) is 13.1 Å². The van der Waals surface area contributed by atoms with Gasteiger partial charge in [0.25, 0.3) is 0 Å². The topological polar surface area (TPSA) is 58.4 Å². The van der Waals surface area contributed by atoms with E-state index in [2.05, 4.69) is 10.2 Å². The van der Waals surface area contributed by atoms with Crippen LogP contribution in [0.2, 0.25) is 0 Å². The van der Waals surface area contributed by atoms with Gasteiger partial charge < -0.3 is 11.1 Å². The molecule has 3 atom stereocenters. The third kappa shape index (κ3) is 4.28. The summed E-state index contributed by atoms with van der Waals surface area (Å²) in [6, 6.07) is 0.163. The van der Waals surface area contributed by atoms with Crippen molar-refractivity contribution in [3.8, 4) is 0 Å². The van der Waals surface area contributed by atoms with Crippen LogP contribution in [-0.2, 0) is 4.79 Å². The highest BCUT2D eigenvalue weighted by molar-refractivity contribution is 5.82. The predicted octanol–water partition coefficient (Wildman–Crippen LogP) is 0.959. The number of nitrogens with two attached hydrogens (primary N) is 1. The first-order valence-electron chi connectivity index (χ1n) is 6.52. The summed E-state index contributed by atoms with van der Waals surface area (Å²) in [7, 11) is 0. The number of amides is 1. The van der Waals surface area contributed by atoms with E-state index in [0.717, 1.165) is 19.5 Å². The van der Waals surface area contributed by atoms with Gasteiger partial charge in [-0.15, -0.1) is 0 Å². The molecule has 0 aromatic rings. The number of rotatable bonds is 3. The summed E-state index contributed by atoms with van der Waals surface area (Å²) in [6.45, 7) is 12.0. The predicted molar refractivity (Wildman–Crippen MR) is 70.7 cm³/mol. The van der Waals surface area contributed by atoms with Crippen molar-refractivity contribution in [3.63, 3.8) is 0 Å². The van der Waals surface area contributed by atoms with Gasteiger partial charge in [-0.2, -0.15) is 0 Å². The number of likely N-dealkylation sites (tertiary alicyclic amines) is 1. The molecule has 17 heavy (non-hydrogen) atoms. The maximum absolute atomic E-state index is 12.0. The summed E-state index contributed by atoms with van der Waals surface area (Å²) in [5, 5.41) is 3.03. The van der Waals surface area contributed by atoms with E-state index in [4.69, 9.17) is 5.73 Å². The van der Waals surface area contributed by atoms with Crippen LogP contribution < -0.4 is 11.1 Å². The largest absolute Gasteiger partial charge is 0.350 e. The molecule has 1 amide bonds. The molecular weight excluding hydrogens is 214 g/mol. The molecule has 0 aromatic heterocycles. The van der Waals surface area contributed by atoms with Crippen LogP contribution in [0.3, 0.4) is 0 Å². The van der Waals surface area contributed by atoms with Crippen LogP contribution in [-0.4, -0.2) is 41.5 Å². The fourth-order valence-electron chi connectivity index (χ4n) is 2.24. The van der Waals surface area contributed by atoms with E-state index in [1.54, 1.807) is 0 Å². The summed E-state index contributed by atoms with van der Waals surface area (Å²) in [5.41, 5.74) is 5.75. The van der Waals surface area contributed by atoms with Gasteiger partial charge in [0.15, 0.2) is 0 Å². The van der Waals surface area contributed by atoms with E-state index >= 15 is 0 Å². The normalized spacial score (nSPS) is 25.6. The average Bonchev–Trinajstić information content (AvgIpc) is 2.62. The molecule has 1 aliphatic heterocycles. The third-order valence-electron chi connectivity index (χ3n) is 3.43. The van der Waals surface area contributed by atoms with Crippen molar-refractivity contribution >= 4 is 5.91 Å². The molecule has 1 rings (SSSR count). The van der Waals surface area contributed by atoms with Crippen LogP contribution in [0.5, 0.6) is 0 Å². The van der Waals surface area contributed by atoms with Crippen molar-refractivity contribution < 1.29 is 4.79 Å². The Bertz CT molecular complexity index is 270. The Hall–Kier alpha value is -0.610. The monoisotopic (exact) mass is 241 g/mol. The van der Waals surface area contributed by atoms with Crippen molar-refractivity contribution in [1.29, 1.82) is 0 Å². The first-order chi connectivity index (χ1) is 7.70. The van der Waals surface area contributed by atoms with Gasteiger partial charge in [0.2, 0.25) is 5.91 Å². The smallest absolute Gasteiger partial charge is 0.237 e. The summed E-state index contributed by atoms with van der Waals surface area (Å²) in [4.78, 5) is 14.3. The Labute approximate surface area is 105 Å². The van der Waals surface area contributed by atoms with Gasteiger partial charge in [0, 0.05) is 18.1 Å². The quantitative estimate of drug-likeness (QED) is 0.774. The zero-order valence-electron chi connectivity index (χ0n) is 11.8. The van der Waals surface area contributed by atoms with Gasteiger partial charge in [0.1, 0.15) is 0 Å². The molecule has 0 radical (unpaired) electrons. The third-order valence-corrected chi connectivity index (χ3v) is 3.43. The lowest BCUT2D eigenvalue weighted by atomic mass is 10.0. The number of nitrogens with zero attached hydrogens (tertiary/aromatic N) is 1. The fraction of sp³-hybridized carbons (Fsp3) is 0.923. The van der Waals surface area contributed by atoms with Crippen molar-refractivity contribution in [1.82, 2.24) is 10.2 Å². The number of nitrogens with one attached hydrogen (secondary N) is 1. The second kappa shape index (κ2) is 5.36. The highest BCUT2D eigenvalue weighted by Crippen LogP contribution is 2.21. The van der Waals surface area contributed by atoms with Crippen LogP contribution in [0.15, 0.2) is 0 Å². The number of hydrogen-bond donors (Lipinski definition) is 2. The number of carbonyl (C=O) groups excluding carboxylic acids is 1.